The largest absolute Gasteiger partial charge is 0.422 e. The van der Waals surface area contributed by atoms with Crippen molar-refractivity contribution < 1.29 is 19.1 Å². The zero-order valence-electron chi connectivity index (χ0n) is 14.6. The first-order chi connectivity index (χ1) is 13.1. The van der Waals surface area contributed by atoms with E-state index in [4.69, 9.17) is 9.15 Å². The lowest BCUT2D eigenvalue weighted by molar-refractivity contribution is -0.0140. The Morgan fingerprint density at radius 3 is 2.81 bits per heavy atom. The monoisotopic (exact) mass is 365 g/mol. The molecule has 6 heteroatoms. The highest BCUT2D eigenvalue weighted by Crippen LogP contribution is 2.22. The van der Waals surface area contributed by atoms with E-state index in [1.54, 1.807) is 42.5 Å². The Balaban J connectivity index is 1.63. The van der Waals surface area contributed by atoms with Gasteiger partial charge < -0.3 is 19.6 Å². The number of ether oxygens (including phenoxy) is 1. The molecule has 0 unspecified atom stereocenters. The Labute approximate surface area is 155 Å². The molecule has 1 aliphatic heterocycles. The second kappa shape index (κ2) is 7.34. The van der Waals surface area contributed by atoms with Crippen molar-refractivity contribution >= 4 is 16.9 Å². The normalized spacial score (nSPS) is 19.7. The van der Waals surface area contributed by atoms with Crippen LogP contribution in [-0.2, 0) is 4.74 Å². The Morgan fingerprint density at radius 2 is 1.96 bits per heavy atom. The van der Waals surface area contributed by atoms with E-state index in [9.17, 15) is 14.7 Å². The SMILES string of the molecule is O=C(N[C@@H]1COCC[C@H]1O)c1cccc(-c2cc3ccccc3oc2=O)c1. The number of benzene rings is 2. The first-order valence-electron chi connectivity index (χ1n) is 8.82. The third kappa shape index (κ3) is 3.63. The van der Waals surface area contributed by atoms with Crippen LogP contribution >= 0.6 is 0 Å². The minimum atomic E-state index is -0.626. The zero-order valence-corrected chi connectivity index (χ0v) is 14.6. The van der Waals surface area contributed by atoms with E-state index in [0.29, 0.717) is 35.3 Å². The smallest absolute Gasteiger partial charge is 0.344 e. The standard InChI is InChI=1S/C21H19NO5/c23-18-8-9-26-12-17(18)22-20(24)15-6-3-5-13(10-15)16-11-14-4-1-2-7-19(14)27-21(16)25/h1-7,10-11,17-18,23H,8-9,12H2,(H,22,24)/t17-,18-/m1/s1. The van der Waals surface area contributed by atoms with Crippen molar-refractivity contribution in [3.8, 4) is 11.1 Å². The molecule has 0 bridgehead atoms. The van der Waals surface area contributed by atoms with Gasteiger partial charge >= 0.3 is 5.63 Å². The van der Waals surface area contributed by atoms with Crippen molar-refractivity contribution in [2.75, 3.05) is 13.2 Å². The molecule has 2 heterocycles. The van der Waals surface area contributed by atoms with E-state index in [2.05, 4.69) is 5.32 Å². The summed E-state index contributed by atoms with van der Waals surface area (Å²) >= 11 is 0. The average Bonchev–Trinajstić information content (AvgIpc) is 2.69. The van der Waals surface area contributed by atoms with Crippen LogP contribution in [-0.4, -0.2) is 36.4 Å². The van der Waals surface area contributed by atoms with Crippen LogP contribution in [0.4, 0.5) is 0 Å². The van der Waals surface area contributed by atoms with Gasteiger partial charge in [-0.25, -0.2) is 4.79 Å². The number of carbonyl (C=O) groups is 1. The highest BCUT2D eigenvalue weighted by molar-refractivity contribution is 5.96. The molecule has 1 saturated heterocycles. The van der Waals surface area contributed by atoms with Gasteiger partial charge in [-0.3, -0.25) is 4.79 Å². The van der Waals surface area contributed by atoms with Gasteiger partial charge in [0.1, 0.15) is 5.58 Å². The lowest BCUT2D eigenvalue weighted by atomic mass is 10.0. The third-order valence-corrected chi connectivity index (χ3v) is 4.71. The van der Waals surface area contributed by atoms with Crippen LogP contribution in [0.2, 0.25) is 0 Å². The second-order valence-electron chi connectivity index (χ2n) is 6.58. The summed E-state index contributed by atoms with van der Waals surface area (Å²) in [6.07, 6.45) is -0.137. The number of para-hydroxylation sites is 1. The molecule has 2 N–H and O–H groups in total. The lowest BCUT2D eigenvalue weighted by Gasteiger charge is -2.28. The fourth-order valence-electron chi connectivity index (χ4n) is 3.21. The van der Waals surface area contributed by atoms with Crippen LogP contribution in [0.3, 0.4) is 0 Å². The molecule has 4 rings (SSSR count). The fourth-order valence-corrected chi connectivity index (χ4v) is 3.21. The quantitative estimate of drug-likeness (QED) is 0.696. The summed E-state index contributed by atoms with van der Waals surface area (Å²) in [5.41, 5.74) is 1.46. The number of rotatable bonds is 3. The molecule has 1 aliphatic rings. The summed E-state index contributed by atoms with van der Waals surface area (Å²) < 4.78 is 10.7. The number of nitrogens with one attached hydrogen (secondary N) is 1. The summed E-state index contributed by atoms with van der Waals surface area (Å²) in [6.45, 7) is 0.765. The van der Waals surface area contributed by atoms with Crippen LogP contribution in [0.5, 0.6) is 0 Å². The number of hydrogen-bond donors (Lipinski definition) is 2. The molecule has 27 heavy (non-hydrogen) atoms. The summed E-state index contributed by atoms with van der Waals surface area (Å²) in [7, 11) is 0. The molecular weight excluding hydrogens is 346 g/mol. The number of hydrogen-bond acceptors (Lipinski definition) is 5. The van der Waals surface area contributed by atoms with E-state index in [1.165, 1.54) is 0 Å². The molecule has 0 radical (unpaired) electrons. The van der Waals surface area contributed by atoms with E-state index in [0.717, 1.165) is 5.39 Å². The Morgan fingerprint density at radius 1 is 1.11 bits per heavy atom. The maximum absolute atomic E-state index is 12.6. The maximum atomic E-state index is 12.6. The van der Waals surface area contributed by atoms with Gasteiger partial charge in [-0.15, -0.1) is 0 Å². The summed E-state index contributed by atoms with van der Waals surface area (Å²) in [5, 5.41) is 13.6. The van der Waals surface area contributed by atoms with Crippen LogP contribution in [0.15, 0.2) is 63.8 Å². The summed E-state index contributed by atoms with van der Waals surface area (Å²) in [6, 6.07) is 15.4. The van der Waals surface area contributed by atoms with Crippen molar-refractivity contribution in [3.63, 3.8) is 0 Å². The summed E-state index contributed by atoms with van der Waals surface area (Å²) in [5.74, 6) is -0.323. The van der Waals surface area contributed by atoms with Crippen molar-refractivity contribution in [1.82, 2.24) is 5.32 Å². The van der Waals surface area contributed by atoms with Gasteiger partial charge in [0.05, 0.1) is 24.3 Å². The highest BCUT2D eigenvalue weighted by Gasteiger charge is 2.25. The van der Waals surface area contributed by atoms with E-state index in [1.807, 2.05) is 12.1 Å². The first kappa shape index (κ1) is 17.5. The topological polar surface area (TPSA) is 88.8 Å². The van der Waals surface area contributed by atoms with E-state index < -0.39 is 17.8 Å². The van der Waals surface area contributed by atoms with Gasteiger partial charge in [0.2, 0.25) is 0 Å². The molecule has 1 amide bonds. The van der Waals surface area contributed by atoms with E-state index in [-0.39, 0.29) is 12.5 Å². The predicted octanol–water partition coefficient (Wildman–Crippen LogP) is 2.34. The van der Waals surface area contributed by atoms with Crippen LogP contribution in [0, 0.1) is 0 Å². The van der Waals surface area contributed by atoms with Gasteiger partial charge in [0, 0.05) is 17.6 Å². The second-order valence-corrected chi connectivity index (χ2v) is 6.58. The molecule has 0 saturated carbocycles. The first-order valence-corrected chi connectivity index (χ1v) is 8.82. The Bertz CT molecular complexity index is 1040. The molecular formula is C21H19NO5. The van der Waals surface area contributed by atoms with Crippen LogP contribution in [0.25, 0.3) is 22.1 Å². The molecule has 0 aliphatic carbocycles. The number of amides is 1. The predicted molar refractivity (Wildman–Crippen MR) is 101 cm³/mol. The molecule has 6 nitrogen and oxygen atoms in total. The van der Waals surface area contributed by atoms with E-state index >= 15 is 0 Å². The minimum Gasteiger partial charge on any atom is -0.422 e. The maximum Gasteiger partial charge on any atom is 0.344 e. The molecule has 1 aromatic heterocycles. The van der Waals surface area contributed by atoms with Gasteiger partial charge in [-0.05, 0) is 36.2 Å². The van der Waals surface area contributed by atoms with Crippen molar-refractivity contribution in [2.24, 2.45) is 0 Å². The van der Waals surface area contributed by atoms with Gasteiger partial charge in [-0.2, -0.15) is 0 Å². The molecule has 3 aromatic rings. The van der Waals surface area contributed by atoms with Crippen LogP contribution in [0.1, 0.15) is 16.8 Å². The van der Waals surface area contributed by atoms with Gasteiger partial charge in [0.25, 0.3) is 5.91 Å². The molecule has 0 spiro atoms. The van der Waals surface area contributed by atoms with Crippen molar-refractivity contribution in [1.29, 1.82) is 0 Å². The van der Waals surface area contributed by atoms with Gasteiger partial charge in [-0.1, -0.05) is 30.3 Å². The average molecular weight is 365 g/mol. The molecule has 2 aromatic carbocycles. The third-order valence-electron chi connectivity index (χ3n) is 4.71. The fraction of sp³-hybridized carbons (Fsp3) is 0.238. The molecule has 1 fully saturated rings. The number of carbonyl (C=O) groups excluding carboxylic acids is 1. The van der Waals surface area contributed by atoms with Crippen molar-refractivity contribution in [3.05, 3.63) is 70.6 Å². The Kier molecular flexibility index (Phi) is 4.75. The van der Waals surface area contributed by atoms with Crippen LogP contribution < -0.4 is 10.9 Å². The number of fused-ring (bicyclic) bond motifs is 1. The Hall–Kier alpha value is -2.96. The molecule has 2 atom stereocenters. The minimum absolute atomic E-state index is 0.279. The number of aliphatic hydroxyl groups is 1. The zero-order chi connectivity index (χ0) is 18.8. The summed E-state index contributed by atoms with van der Waals surface area (Å²) in [4.78, 5) is 24.9. The lowest BCUT2D eigenvalue weighted by Crippen LogP contribution is -2.49. The van der Waals surface area contributed by atoms with Crippen molar-refractivity contribution in [2.45, 2.75) is 18.6 Å². The number of aliphatic hydroxyl groups excluding tert-OH is 1. The van der Waals surface area contributed by atoms with Gasteiger partial charge in [0.15, 0.2) is 0 Å². The molecule has 138 valence electrons. The highest BCUT2D eigenvalue weighted by atomic mass is 16.5.